The van der Waals surface area contributed by atoms with Crippen molar-refractivity contribution in [2.45, 2.75) is 76.1 Å². The van der Waals surface area contributed by atoms with Crippen LogP contribution in [0, 0.1) is 0 Å². The Bertz CT molecular complexity index is 790. The van der Waals surface area contributed by atoms with Gasteiger partial charge in [0.1, 0.15) is 25.5 Å². The first kappa shape index (κ1) is 22.9. The molecule has 1 aromatic carbocycles. The maximum atomic E-state index is 12.7. The number of aliphatic hydroxyl groups excluding tert-OH is 1. The number of hydrogen-bond donors (Lipinski definition) is 3. The predicted molar refractivity (Wildman–Crippen MR) is 119 cm³/mol. The Kier molecular flexibility index (Phi) is 7.86. The van der Waals surface area contributed by atoms with E-state index in [0.717, 1.165) is 51.6 Å². The lowest BCUT2D eigenvalue weighted by Crippen LogP contribution is -2.50. The van der Waals surface area contributed by atoms with Crippen LogP contribution < -0.4 is 20.1 Å². The van der Waals surface area contributed by atoms with Crippen molar-refractivity contribution in [1.82, 2.24) is 15.5 Å². The second-order valence-corrected chi connectivity index (χ2v) is 9.01. The van der Waals surface area contributed by atoms with E-state index >= 15 is 0 Å². The standard InChI is InChI=1S/C24H35N3O5/c28-21(25-18-6-2-1-3-7-18)10-11-22(29)26-24(27-12-4-5-13-27)23(30)17-8-9-19-20(16-17)32-15-14-31-19/h8-9,16,18,23-24,30H,1-7,10-15H2,(H,25,28)(H,26,29)/t23-,24-/m1/s1. The molecule has 1 saturated carbocycles. The van der Waals surface area contributed by atoms with Gasteiger partial charge in [0.2, 0.25) is 11.8 Å². The highest BCUT2D eigenvalue weighted by atomic mass is 16.6. The number of carbonyl (C=O) groups is 2. The summed E-state index contributed by atoms with van der Waals surface area (Å²) in [4.78, 5) is 27.1. The van der Waals surface area contributed by atoms with E-state index in [1.54, 1.807) is 12.1 Å². The zero-order valence-electron chi connectivity index (χ0n) is 18.7. The van der Waals surface area contributed by atoms with Gasteiger partial charge in [-0.3, -0.25) is 14.5 Å². The van der Waals surface area contributed by atoms with Crippen LogP contribution in [0.15, 0.2) is 18.2 Å². The van der Waals surface area contributed by atoms with Crippen molar-refractivity contribution in [3.8, 4) is 11.5 Å². The number of nitrogens with zero attached hydrogens (tertiary/aromatic N) is 1. The van der Waals surface area contributed by atoms with E-state index in [1.807, 2.05) is 6.07 Å². The molecule has 2 fully saturated rings. The first-order valence-electron chi connectivity index (χ1n) is 12.0. The molecule has 8 heteroatoms. The Hall–Kier alpha value is -2.32. The molecule has 8 nitrogen and oxygen atoms in total. The summed E-state index contributed by atoms with van der Waals surface area (Å²) in [7, 11) is 0. The minimum Gasteiger partial charge on any atom is -0.486 e. The molecule has 2 atom stereocenters. The van der Waals surface area contributed by atoms with Gasteiger partial charge in [0.15, 0.2) is 11.5 Å². The normalized spacial score (nSPS) is 21.0. The van der Waals surface area contributed by atoms with Crippen molar-refractivity contribution in [2.24, 2.45) is 0 Å². The molecule has 176 valence electrons. The van der Waals surface area contributed by atoms with Crippen LogP contribution in [-0.2, 0) is 9.59 Å². The van der Waals surface area contributed by atoms with E-state index in [0.29, 0.717) is 30.3 Å². The Morgan fingerprint density at radius 2 is 1.66 bits per heavy atom. The molecule has 2 heterocycles. The maximum absolute atomic E-state index is 12.7. The predicted octanol–water partition coefficient (Wildman–Crippen LogP) is 2.26. The molecule has 0 spiro atoms. The lowest BCUT2D eigenvalue weighted by molar-refractivity contribution is -0.129. The van der Waals surface area contributed by atoms with Crippen LogP contribution in [0.5, 0.6) is 11.5 Å². The van der Waals surface area contributed by atoms with E-state index in [1.165, 1.54) is 6.42 Å². The van der Waals surface area contributed by atoms with Crippen LogP contribution in [0.3, 0.4) is 0 Å². The first-order chi connectivity index (χ1) is 15.6. The van der Waals surface area contributed by atoms with Crippen molar-refractivity contribution in [3.05, 3.63) is 23.8 Å². The summed E-state index contributed by atoms with van der Waals surface area (Å²) >= 11 is 0. The van der Waals surface area contributed by atoms with Gasteiger partial charge in [0.25, 0.3) is 0 Å². The molecule has 0 aromatic heterocycles. The van der Waals surface area contributed by atoms with Gasteiger partial charge in [0.05, 0.1) is 0 Å². The van der Waals surface area contributed by atoms with Gasteiger partial charge in [-0.2, -0.15) is 0 Å². The van der Waals surface area contributed by atoms with E-state index in [-0.39, 0.29) is 30.7 Å². The molecule has 2 amide bonds. The fourth-order valence-corrected chi connectivity index (χ4v) is 4.83. The number of rotatable bonds is 8. The molecule has 0 unspecified atom stereocenters. The second kappa shape index (κ2) is 11.0. The van der Waals surface area contributed by atoms with Crippen molar-refractivity contribution in [2.75, 3.05) is 26.3 Å². The number of fused-ring (bicyclic) bond motifs is 1. The topological polar surface area (TPSA) is 100 Å². The number of hydrogen-bond acceptors (Lipinski definition) is 6. The lowest BCUT2D eigenvalue weighted by atomic mass is 9.95. The van der Waals surface area contributed by atoms with E-state index in [9.17, 15) is 14.7 Å². The van der Waals surface area contributed by atoms with Crippen molar-refractivity contribution >= 4 is 11.8 Å². The van der Waals surface area contributed by atoms with Crippen LogP contribution in [0.25, 0.3) is 0 Å². The van der Waals surface area contributed by atoms with Crippen molar-refractivity contribution in [3.63, 3.8) is 0 Å². The fraction of sp³-hybridized carbons (Fsp3) is 0.667. The highest BCUT2D eigenvalue weighted by Crippen LogP contribution is 2.34. The summed E-state index contributed by atoms with van der Waals surface area (Å²) in [6.45, 7) is 2.61. The van der Waals surface area contributed by atoms with Crippen molar-refractivity contribution < 1.29 is 24.2 Å². The molecule has 4 rings (SSSR count). The highest BCUT2D eigenvalue weighted by Gasteiger charge is 2.31. The summed E-state index contributed by atoms with van der Waals surface area (Å²) in [5.41, 5.74) is 0.668. The minimum atomic E-state index is -0.913. The van der Waals surface area contributed by atoms with Crippen LogP contribution in [0.1, 0.15) is 69.5 Å². The quantitative estimate of drug-likeness (QED) is 0.568. The zero-order chi connectivity index (χ0) is 22.3. The van der Waals surface area contributed by atoms with Crippen LogP contribution >= 0.6 is 0 Å². The Balaban J connectivity index is 1.35. The molecular weight excluding hydrogens is 410 g/mol. The lowest BCUT2D eigenvalue weighted by Gasteiger charge is -2.33. The fourth-order valence-electron chi connectivity index (χ4n) is 4.83. The molecule has 32 heavy (non-hydrogen) atoms. The molecule has 3 N–H and O–H groups in total. The highest BCUT2D eigenvalue weighted by molar-refractivity contribution is 5.84. The average molecular weight is 446 g/mol. The van der Waals surface area contributed by atoms with E-state index in [2.05, 4.69) is 15.5 Å². The number of carbonyl (C=O) groups excluding carboxylic acids is 2. The number of benzene rings is 1. The van der Waals surface area contributed by atoms with Gasteiger partial charge in [-0.05, 0) is 43.4 Å². The van der Waals surface area contributed by atoms with Gasteiger partial charge in [-0.15, -0.1) is 0 Å². The number of ether oxygens (including phenoxy) is 2. The summed E-state index contributed by atoms with van der Waals surface area (Å²) in [6, 6.07) is 5.64. The van der Waals surface area contributed by atoms with Gasteiger partial charge in [0, 0.05) is 32.0 Å². The smallest absolute Gasteiger partial charge is 0.221 e. The van der Waals surface area contributed by atoms with E-state index < -0.39 is 12.3 Å². The number of likely N-dealkylation sites (tertiary alicyclic amines) is 1. The molecule has 0 radical (unpaired) electrons. The van der Waals surface area contributed by atoms with Gasteiger partial charge in [-0.1, -0.05) is 25.3 Å². The molecule has 1 aromatic rings. The molecule has 0 bridgehead atoms. The number of aliphatic hydroxyl groups is 1. The molecule has 3 aliphatic rings. The number of nitrogens with one attached hydrogen (secondary N) is 2. The maximum Gasteiger partial charge on any atom is 0.221 e. The molecule has 1 aliphatic carbocycles. The Labute approximate surface area is 189 Å². The third-order valence-corrected chi connectivity index (χ3v) is 6.60. The van der Waals surface area contributed by atoms with Crippen LogP contribution in [0.2, 0.25) is 0 Å². The van der Waals surface area contributed by atoms with Crippen LogP contribution in [0.4, 0.5) is 0 Å². The van der Waals surface area contributed by atoms with Gasteiger partial charge >= 0.3 is 0 Å². The Morgan fingerprint density at radius 1 is 0.969 bits per heavy atom. The largest absolute Gasteiger partial charge is 0.486 e. The van der Waals surface area contributed by atoms with Crippen molar-refractivity contribution in [1.29, 1.82) is 0 Å². The van der Waals surface area contributed by atoms with Gasteiger partial charge in [-0.25, -0.2) is 0 Å². The third kappa shape index (κ3) is 5.92. The minimum absolute atomic E-state index is 0.0721. The summed E-state index contributed by atoms with van der Waals surface area (Å²) in [6.07, 6.45) is 6.46. The Morgan fingerprint density at radius 3 is 2.41 bits per heavy atom. The SMILES string of the molecule is O=C(CCC(=O)N[C@@H]([C@H](O)c1ccc2c(c1)OCCO2)N1CCCC1)NC1CCCCC1. The summed E-state index contributed by atoms with van der Waals surface area (Å²) in [5.74, 6) is 0.978. The monoisotopic (exact) mass is 445 g/mol. The first-order valence-corrected chi connectivity index (χ1v) is 12.0. The second-order valence-electron chi connectivity index (χ2n) is 9.01. The third-order valence-electron chi connectivity index (χ3n) is 6.60. The summed E-state index contributed by atoms with van der Waals surface area (Å²) in [5, 5.41) is 17.2. The average Bonchev–Trinajstić information content (AvgIpc) is 3.36. The van der Waals surface area contributed by atoms with Crippen LogP contribution in [-0.4, -0.2) is 60.3 Å². The van der Waals surface area contributed by atoms with Gasteiger partial charge < -0.3 is 25.2 Å². The molecular formula is C24H35N3O5. The summed E-state index contributed by atoms with van der Waals surface area (Å²) < 4.78 is 11.2. The number of amides is 2. The molecule has 2 aliphatic heterocycles. The van der Waals surface area contributed by atoms with E-state index in [4.69, 9.17) is 9.47 Å². The zero-order valence-corrected chi connectivity index (χ0v) is 18.7. The molecule has 1 saturated heterocycles.